The molecule has 1 amide bonds. The first-order chi connectivity index (χ1) is 13.1. The molecule has 2 heterocycles. The molecular formula is C19H22N4O3S. The molecule has 142 valence electrons. The fourth-order valence-electron chi connectivity index (χ4n) is 2.78. The van der Waals surface area contributed by atoms with E-state index in [-0.39, 0.29) is 17.7 Å². The van der Waals surface area contributed by atoms with Crippen LogP contribution in [0, 0.1) is 0 Å². The largest absolute Gasteiger partial charge is 0.496 e. The van der Waals surface area contributed by atoms with Gasteiger partial charge >= 0.3 is 0 Å². The molecule has 3 rings (SSSR count). The van der Waals surface area contributed by atoms with Gasteiger partial charge in [-0.1, -0.05) is 30.0 Å². The van der Waals surface area contributed by atoms with Gasteiger partial charge < -0.3 is 14.5 Å². The molecule has 0 saturated heterocycles. The third-order valence-corrected chi connectivity index (χ3v) is 5.06. The minimum absolute atomic E-state index is 0.0800. The number of thioether (sulfide) groups is 1. The number of hydrogen-bond acceptors (Lipinski definition) is 6. The number of carbonyl (C=O) groups is 1. The van der Waals surface area contributed by atoms with Crippen LogP contribution in [-0.2, 0) is 11.3 Å². The Hall–Kier alpha value is -2.74. The maximum absolute atomic E-state index is 12.4. The Morgan fingerprint density at radius 3 is 2.81 bits per heavy atom. The fraction of sp³-hybridized carbons (Fsp3) is 0.316. The molecule has 0 spiro atoms. The molecule has 8 heteroatoms. The van der Waals surface area contributed by atoms with Gasteiger partial charge in [-0.3, -0.25) is 9.36 Å². The number of nitrogens with one attached hydrogen (secondary N) is 1. The number of benzene rings is 1. The normalized spacial score (nSPS) is 12.0. The van der Waals surface area contributed by atoms with E-state index in [9.17, 15) is 4.79 Å². The van der Waals surface area contributed by atoms with E-state index in [4.69, 9.17) is 9.15 Å². The first-order valence-corrected chi connectivity index (χ1v) is 9.64. The summed E-state index contributed by atoms with van der Waals surface area (Å²) in [6, 6.07) is 11.1. The molecule has 1 aromatic carbocycles. The van der Waals surface area contributed by atoms with Crippen LogP contribution < -0.4 is 10.1 Å². The van der Waals surface area contributed by atoms with Crippen molar-refractivity contribution in [1.82, 2.24) is 20.1 Å². The molecule has 27 heavy (non-hydrogen) atoms. The summed E-state index contributed by atoms with van der Waals surface area (Å²) in [5.74, 6) is 2.24. The van der Waals surface area contributed by atoms with Gasteiger partial charge in [-0.25, -0.2) is 0 Å². The van der Waals surface area contributed by atoms with Crippen molar-refractivity contribution < 1.29 is 13.9 Å². The number of nitrogens with zero attached hydrogens (tertiary/aromatic N) is 3. The van der Waals surface area contributed by atoms with Gasteiger partial charge in [-0.05, 0) is 32.0 Å². The van der Waals surface area contributed by atoms with E-state index < -0.39 is 0 Å². The molecule has 0 saturated carbocycles. The lowest BCUT2D eigenvalue weighted by Gasteiger charge is -2.17. The Bertz CT molecular complexity index is 892. The second-order valence-electron chi connectivity index (χ2n) is 5.85. The van der Waals surface area contributed by atoms with Crippen LogP contribution in [0.4, 0.5) is 0 Å². The highest BCUT2D eigenvalue weighted by Crippen LogP contribution is 2.26. The molecule has 7 nitrogen and oxygen atoms in total. The molecule has 0 aliphatic rings. The van der Waals surface area contributed by atoms with Crippen LogP contribution in [0.1, 0.15) is 25.5 Å². The summed E-state index contributed by atoms with van der Waals surface area (Å²) in [5.41, 5.74) is 0.940. The molecule has 0 bridgehead atoms. The fourth-order valence-corrected chi connectivity index (χ4v) is 3.60. The van der Waals surface area contributed by atoms with Crippen LogP contribution in [-0.4, -0.2) is 33.5 Å². The summed E-state index contributed by atoms with van der Waals surface area (Å²) in [4.78, 5) is 12.4. The van der Waals surface area contributed by atoms with Crippen molar-refractivity contribution in [1.29, 1.82) is 0 Å². The minimum Gasteiger partial charge on any atom is -0.496 e. The Morgan fingerprint density at radius 2 is 2.11 bits per heavy atom. The molecule has 1 N–H and O–H groups in total. The standard InChI is InChI=1S/C19H22N4O3S/c1-4-23-18(16-10-7-11-26-16)21-22-19(23)27-12-17(24)20-13(2)14-8-5-6-9-15(14)25-3/h5-11,13H,4,12H2,1-3H3,(H,20,24). The third-order valence-electron chi connectivity index (χ3n) is 4.09. The number of aromatic nitrogens is 3. The molecular weight excluding hydrogens is 364 g/mol. The van der Waals surface area contributed by atoms with E-state index >= 15 is 0 Å². The number of para-hydroxylation sites is 1. The Morgan fingerprint density at radius 1 is 1.30 bits per heavy atom. The van der Waals surface area contributed by atoms with Crippen molar-refractivity contribution in [2.45, 2.75) is 31.6 Å². The zero-order valence-electron chi connectivity index (χ0n) is 15.5. The van der Waals surface area contributed by atoms with Crippen LogP contribution in [0.3, 0.4) is 0 Å². The summed E-state index contributed by atoms with van der Waals surface area (Å²) >= 11 is 1.35. The van der Waals surface area contributed by atoms with Gasteiger partial charge in [-0.15, -0.1) is 10.2 Å². The topological polar surface area (TPSA) is 82.2 Å². The smallest absolute Gasteiger partial charge is 0.230 e. The molecule has 0 fully saturated rings. The van der Waals surface area contributed by atoms with E-state index in [1.54, 1.807) is 13.4 Å². The molecule has 2 aromatic heterocycles. The average molecular weight is 386 g/mol. The number of amides is 1. The van der Waals surface area contributed by atoms with E-state index in [1.165, 1.54) is 11.8 Å². The summed E-state index contributed by atoms with van der Waals surface area (Å²) in [6.45, 7) is 4.62. The lowest BCUT2D eigenvalue weighted by Crippen LogP contribution is -2.28. The molecule has 1 atom stereocenters. The summed E-state index contributed by atoms with van der Waals surface area (Å²) in [5, 5.41) is 12.1. The quantitative estimate of drug-likeness (QED) is 0.596. The zero-order valence-corrected chi connectivity index (χ0v) is 16.3. The van der Waals surface area contributed by atoms with E-state index in [2.05, 4.69) is 15.5 Å². The molecule has 0 radical (unpaired) electrons. The van der Waals surface area contributed by atoms with Crippen LogP contribution in [0.25, 0.3) is 11.6 Å². The Kier molecular flexibility index (Phi) is 6.18. The van der Waals surface area contributed by atoms with Crippen LogP contribution in [0.5, 0.6) is 5.75 Å². The number of rotatable bonds is 8. The Labute approximate surface area is 162 Å². The van der Waals surface area contributed by atoms with Crippen molar-refractivity contribution in [2.75, 3.05) is 12.9 Å². The second-order valence-corrected chi connectivity index (χ2v) is 6.79. The minimum atomic E-state index is -0.156. The molecule has 1 unspecified atom stereocenters. The van der Waals surface area contributed by atoms with Gasteiger partial charge in [-0.2, -0.15) is 0 Å². The number of methoxy groups -OCH3 is 1. The summed E-state index contributed by atoms with van der Waals surface area (Å²) in [6.07, 6.45) is 1.60. The van der Waals surface area contributed by atoms with Gasteiger partial charge in [0.25, 0.3) is 0 Å². The van der Waals surface area contributed by atoms with Gasteiger partial charge in [0.1, 0.15) is 5.75 Å². The van der Waals surface area contributed by atoms with Crippen molar-refractivity contribution in [3.63, 3.8) is 0 Å². The maximum Gasteiger partial charge on any atom is 0.230 e. The van der Waals surface area contributed by atoms with Crippen LogP contribution in [0.15, 0.2) is 52.2 Å². The first-order valence-electron chi connectivity index (χ1n) is 8.66. The van der Waals surface area contributed by atoms with Gasteiger partial charge in [0.05, 0.1) is 25.2 Å². The van der Waals surface area contributed by atoms with Crippen molar-refractivity contribution in [2.24, 2.45) is 0 Å². The van der Waals surface area contributed by atoms with Crippen molar-refractivity contribution in [3.8, 4) is 17.3 Å². The highest BCUT2D eigenvalue weighted by Gasteiger charge is 2.18. The number of ether oxygens (including phenoxy) is 1. The monoisotopic (exact) mass is 386 g/mol. The summed E-state index contributed by atoms with van der Waals surface area (Å²) in [7, 11) is 1.62. The van der Waals surface area contributed by atoms with Gasteiger partial charge in [0.2, 0.25) is 5.91 Å². The van der Waals surface area contributed by atoms with Crippen LogP contribution >= 0.6 is 11.8 Å². The first kappa shape index (κ1) is 19.0. The number of furan rings is 1. The van der Waals surface area contributed by atoms with E-state index in [1.807, 2.05) is 54.8 Å². The predicted octanol–water partition coefficient (Wildman–Crippen LogP) is 3.54. The predicted molar refractivity (Wildman–Crippen MR) is 104 cm³/mol. The average Bonchev–Trinajstić information content (AvgIpc) is 3.35. The van der Waals surface area contributed by atoms with Gasteiger partial charge in [0.15, 0.2) is 16.7 Å². The van der Waals surface area contributed by atoms with Crippen LogP contribution in [0.2, 0.25) is 0 Å². The zero-order chi connectivity index (χ0) is 19.2. The number of carbonyl (C=O) groups excluding carboxylic acids is 1. The summed E-state index contributed by atoms with van der Waals surface area (Å²) < 4.78 is 12.7. The maximum atomic E-state index is 12.4. The molecule has 0 aliphatic carbocycles. The number of hydrogen-bond donors (Lipinski definition) is 1. The van der Waals surface area contributed by atoms with E-state index in [0.717, 1.165) is 11.3 Å². The third kappa shape index (κ3) is 4.33. The lowest BCUT2D eigenvalue weighted by molar-refractivity contribution is -0.119. The van der Waals surface area contributed by atoms with E-state index in [0.29, 0.717) is 23.3 Å². The highest BCUT2D eigenvalue weighted by molar-refractivity contribution is 7.99. The Balaban J connectivity index is 1.63. The van der Waals surface area contributed by atoms with Crippen molar-refractivity contribution in [3.05, 3.63) is 48.2 Å². The SMILES string of the molecule is CCn1c(SCC(=O)NC(C)c2ccccc2OC)nnc1-c1ccco1. The molecule has 0 aliphatic heterocycles. The second kappa shape index (κ2) is 8.77. The molecule has 3 aromatic rings. The van der Waals surface area contributed by atoms with Gasteiger partial charge in [0, 0.05) is 12.1 Å². The van der Waals surface area contributed by atoms with Crippen molar-refractivity contribution >= 4 is 17.7 Å². The lowest BCUT2D eigenvalue weighted by atomic mass is 10.1. The highest BCUT2D eigenvalue weighted by atomic mass is 32.2.